The number of benzene rings is 1. The van der Waals surface area contributed by atoms with E-state index in [-0.39, 0.29) is 6.10 Å². The molecule has 0 radical (unpaired) electrons. The lowest BCUT2D eigenvalue weighted by molar-refractivity contribution is 0.0652. The molecule has 0 amide bonds. The largest absolute Gasteiger partial charge is 0.374 e. The lowest BCUT2D eigenvalue weighted by atomic mass is 10.1. The van der Waals surface area contributed by atoms with Gasteiger partial charge in [-0.2, -0.15) is 0 Å². The Hall–Kier alpha value is -0.860. The van der Waals surface area contributed by atoms with Crippen LogP contribution in [-0.2, 0) is 17.9 Å². The molecule has 1 aromatic rings. The highest BCUT2D eigenvalue weighted by Gasteiger charge is 2.02. The summed E-state index contributed by atoms with van der Waals surface area (Å²) in [5.41, 5.74) is 2.62. The monoisotopic (exact) mass is 207 g/mol. The Morgan fingerprint density at radius 3 is 2.47 bits per heavy atom. The minimum Gasteiger partial charge on any atom is -0.374 e. The van der Waals surface area contributed by atoms with Crippen LogP contribution in [0.5, 0.6) is 0 Å². The maximum absolute atomic E-state index is 5.62. The smallest absolute Gasteiger partial charge is 0.0723 e. The Morgan fingerprint density at radius 1 is 1.20 bits per heavy atom. The van der Waals surface area contributed by atoms with Gasteiger partial charge in [0.25, 0.3) is 0 Å². The minimum absolute atomic E-state index is 0.289. The fourth-order valence-electron chi connectivity index (χ4n) is 1.39. The van der Waals surface area contributed by atoms with Crippen LogP contribution in [0.3, 0.4) is 0 Å². The van der Waals surface area contributed by atoms with Gasteiger partial charge in [-0.3, -0.25) is 0 Å². The SMILES string of the molecule is CCNCc1ccccc1COC(C)C. The fraction of sp³-hybridized carbons (Fsp3) is 0.538. The summed E-state index contributed by atoms with van der Waals surface area (Å²) in [6.45, 7) is 8.87. The molecule has 84 valence electrons. The van der Waals surface area contributed by atoms with E-state index in [0.717, 1.165) is 13.1 Å². The molecular weight excluding hydrogens is 186 g/mol. The Labute approximate surface area is 92.6 Å². The zero-order valence-corrected chi connectivity index (χ0v) is 9.92. The van der Waals surface area contributed by atoms with Crippen molar-refractivity contribution in [2.24, 2.45) is 0 Å². The van der Waals surface area contributed by atoms with Crippen molar-refractivity contribution in [3.63, 3.8) is 0 Å². The Balaban J connectivity index is 2.59. The number of hydrogen-bond donors (Lipinski definition) is 1. The highest BCUT2D eigenvalue weighted by atomic mass is 16.5. The maximum Gasteiger partial charge on any atom is 0.0723 e. The molecule has 0 heterocycles. The van der Waals surface area contributed by atoms with Gasteiger partial charge in [-0.1, -0.05) is 31.2 Å². The summed E-state index contributed by atoms with van der Waals surface area (Å²) in [6, 6.07) is 8.43. The highest BCUT2D eigenvalue weighted by Crippen LogP contribution is 2.10. The molecule has 1 rings (SSSR count). The van der Waals surface area contributed by atoms with E-state index in [1.807, 2.05) is 0 Å². The van der Waals surface area contributed by atoms with Gasteiger partial charge in [-0.15, -0.1) is 0 Å². The van der Waals surface area contributed by atoms with Crippen LogP contribution in [0.4, 0.5) is 0 Å². The maximum atomic E-state index is 5.62. The molecule has 0 saturated heterocycles. The lowest BCUT2D eigenvalue weighted by Crippen LogP contribution is -2.14. The number of ether oxygens (including phenoxy) is 1. The summed E-state index contributed by atoms with van der Waals surface area (Å²) in [5, 5.41) is 3.34. The molecule has 0 saturated carbocycles. The van der Waals surface area contributed by atoms with Gasteiger partial charge in [-0.25, -0.2) is 0 Å². The summed E-state index contributed by atoms with van der Waals surface area (Å²) < 4.78 is 5.62. The molecule has 0 atom stereocenters. The van der Waals surface area contributed by atoms with Crippen molar-refractivity contribution >= 4 is 0 Å². The van der Waals surface area contributed by atoms with Gasteiger partial charge in [0.2, 0.25) is 0 Å². The van der Waals surface area contributed by atoms with Crippen molar-refractivity contribution in [2.75, 3.05) is 6.54 Å². The molecule has 0 unspecified atom stereocenters. The molecule has 1 N–H and O–H groups in total. The van der Waals surface area contributed by atoms with Gasteiger partial charge in [0.1, 0.15) is 0 Å². The average Bonchev–Trinajstić information content (AvgIpc) is 2.24. The summed E-state index contributed by atoms with van der Waals surface area (Å²) >= 11 is 0. The van der Waals surface area contributed by atoms with Crippen LogP contribution in [0.15, 0.2) is 24.3 Å². The molecule has 0 bridgehead atoms. The van der Waals surface area contributed by atoms with Gasteiger partial charge in [0, 0.05) is 6.54 Å². The second kappa shape index (κ2) is 6.59. The summed E-state index contributed by atoms with van der Waals surface area (Å²) in [7, 11) is 0. The number of hydrogen-bond acceptors (Lipinski definition) is 2. The second-order valence-electron chi connectivity index (χ2n) is 3.91. The van der Waals surface area contributed by atoms with Crippen molar-refractivity contribution in [1.29, 1.82) is 0 Å². The highest BCUT2D eigenvalue weighted by molar-refractivity contribution is 5.26. The minimum atomic E-state index is 0.289. The molecule has 0 aliphatic heterocycles. The van der Waals surface area contributed by atoms with E-state index in [4.69, 9.17) is 4.74 Å². The number of nitrogens with one attached hydrogen (secondary N) is 1. The topological polar surface area (TPSA) is 21.3 Å². The van der Waals surface area contributed by atoms with Gasteiger partial charge >= 0.3 is 0 Å². The molecule has 0 aromatic heterocycles. The standard InChI is InChI=1S/C13H21NO/c1-4-14-9-12-7-5-6-8-13(12)10-15-11(2)3/h5-8,11,14H,4,9-10H2,1-3H3. The first-order chi connectivity index (χ1) is 7.24. The van der Waals surface area contributed by atoms with E-state index in [9.17, 15) is 0 Å². The van der Waals surface area contributed by atoms with Crippen LogP contribution in [0, 0.1) is 0 Å². The van der Waals surface area contributed by atoms with E-state index in [1.54, 1.807) is 0 Å². The van der Waals surface area contributed by atoms with Crippen molar-refractivity contribution in [1.82, 2.24) is 5.32 Å². The molecule has 0 aliphatic carbocycles. The molecule has 0 aliphatic rings. The van der Waals surface area contributed by atoms with Crippen LogP contribution in [-0.4, -0.2) is 12.6 Å². The van der Waals surface area contributed by atoms with E-state index < -0.39 is 0 Å². The first kappa shape index (κ1) is 12.2. The Kier molecular flexibility index (Phi) is 5.37. The van der Waals surface area contributed by atoms with Crippen LogP contribution in [0.25, 0.3) is 0 Å². The molecule has 0 fully saturated rings. The third-order valence-corrected chi connectivity index (χ3v) is 2.26. The normalized spacial score (nSPS) is 10.9. The molecular formula is C13H21NO. The summed E-state index contributed by atoms with van der Waals surface area (Å²) in [6.07, 6.45) is 0.289. The third-order valence-electron chi connectivity index (χ3n) is 2.26. The lowest BCUT2D eigenvalue weighted by Gasteiger charge is -2.12. The summed E-state index contributed by atoms with van der Waals surface area (Å²) in [4.78, 5) is 0. The van der Waals surface area contributed by atoms with E-state index >= 15 is 0 Å². The first-order valence-corrected chi connectivity index (χ1v) is 5.63. The van der Waals surface area contributed by atoms with E-state index in [0.29, 0.717) is 6.61 Å². The van der Waals surface area contributed by atoms with E-state index in [1.165, 1.54) is 11.1 Å². The summed E-state index contributed by atoms with van der Waals surface area (Å²) in [5.74, 6) is 0. The molecule has 2 heteroatoms. The molecule has 0 spiro atoms. The Bertz CT molecular complexity index is 284. The van der Waals surface area contributed by atoms with Gasteiger partial charge in [0.05, 0.1) is 12.7 Å². The zero-order chi connectivity index (χ0) is 11.1. The van der Waals surface area contributed by atoms with Crippen LogP contribution in [0.1, 0.15) is 31.9 Å². The first-order valence-electron chi connectivity index (χ1n) is 5.63. The predicted molar refractivity (Wildman–Crippen MR) is 63.7 cm³/mol. The predicted octanol–water partition coefficient (Wildman–Crippen LogP) is 2.72. The van der Waals surface area contributed by atoms with Gasteiger partial charge < -0.3 is 10.1 Å². The van der Waals surface area contributed by atoms with Crippen LogP contribution in [0.2, 0.25) is 0 Å². The van der Waals surface area contributed by atoms with Crippen LogP contribution >= 0.6 is 0 Å². The van der Waals surface area contributed by atoms with Crippen molar-refractivity contribution < 1.29 is 4.74 Å². The fourth-order valence-corrected chi connectivity index (χ4v) is 1.39. The van der Waals surface area contributed by atoms with Crippen molar-refractivity contribution in [2.45, 2.75) is 40.0 Å². The third kappa shape index (κ3) is 4.45. The van der Waals surface area contributed by atoms with Gasteiger partial charge in [0.15, 0.2) is 0 Å². The number of rotatable bonds is 6. The van der Waals surface area contributed by atoms with Gasteiger partial charge in [-0.05, 0) is 31.5 Å². The zero-order valence-electron chi connectivity index (χ0n) is 9.92. The van der Waals surface area contributed by atoms with Crippen LogP contribution < -0.4 is 5.32 Å². The second-order valence-corrected chi connectivity index (χ2v) is 3.91. The quantitative estimate of drug-likeness (QED) is 0.774. The molecule has 2 nitrogen and oxygen atoms in total. The molecule has 15 heavy (non-hydrogen) atoms. The van der Waals surface area contributed by atoms with Crippen molar-refractivity contribution in [3.8, 4) is 0 Å². The van der Waals surface area contributed by atoms with E-state index in [2.05, 4.69) is 50.4 Å². The van der Waals surface area contributed by atoms with Crippen molar-refractivity contribution in [3.05, 3.63) is 35.4 Å². The average molecular weight is 207 g/mol. The molecule has 1 aromatic carbocycles. The Morgan fingerprint density at radius 2 is 1.87 bits per heavy atom.